The van der Waals surface area contributed by atoms with Gasteiger partial charge in [0.15, 0.2) is 5.13 Å². The Kier molecular flexibility index (Phi) is 2.45. The highest BCUT2D eigenvalue weighted by Gasteiger charge is 2.09. The van der Waals surface area contributed by atoms with Crippen molar-refractivity contribution >= 4 is 38.6 Å². The van der Waals surface area contributed by atoms with Gasteiger partial charge in [-0.15, -0.1) is 0 Å². The molecule has 0 saturated carbocycles. The number of primary amides is 1. The fraction of sp³-hybridized carbons (Fsp3) is 0. The van der Waals surface area contributed by atoms with Crippen LogP contribution in [0, 0.1) is 0 Å². The summed E-state index contributed by atoms with van der Waals surface area (Å²) in [5.74, 6) is -0.540. The molecule has 0 atom stereocenters. The van der Waals surface area contributed by atoms with Crippen LogP contribution in [0.15, 0.2) is 18.2 Å². The zero-order valence-electron chi connectivity index (χ0n) is 8.06. The Morgan fingerprint density at radius 1 is 1.38 bits per heavy atom. The molecule has 2 aromatic rings. The molecule has 0 aliphatic heterocycles. The monoisotopic (exact) mass is 236 g/mol. The molecule has 0 bridgehead atoms. The van der Waals surface area contributed by atoms with Crippen LogP contribution in [-0.2, 0) is 0 Å². The number of hydrogen-bond acceptors (Lipinski definition) is 5. The van der Waals surface area contributed by atoms with E-state index in [-0.39, 0.29) is 0 Å². The molecule has 1 aromatic heterocycles. The van der Waals surface area contributed by atoms with Crippen LogP contribution in [0.3, 0.4) is 0 Å². The van der Waals surface area contributed by atoms with Gasteiger partial charge in [-0.1, -0.05) is 11.3 Å². The van der Waals surface area contributed by atoms with E-state index in [0.717, 1.165) is 10.2 Å². The predicted octanol–water partition coefficient (Wildman–Crippen LogP) is 0.687. The molecule has 1 aromatic carbocycles. The maximum Gasteiger partial charge on any atom is 0.319 e. The van der Waals surface area contributed by atoms with Crippen LogP contribution in [0.1, 0.15) is 10.4 Å². The van der Waals surface area contributed by atoms with E-state index < -0.39 is 11.9 Å². The number of urea groups is 1. The first-order chi connectivity index (χ1) is 7.56. The summed E-state index contributed by atoms with van der Waals surface area (Å²) in [6.07, 6.45) is 0. The number of rotatable bonds is 1. The average molecular weight is 236 g/mol. The molecule has 0 fully saturated rings. The molecule has 3 amide bonds. The summed E-state index contributed by atoms with van der Waals surface area (Å²) in [7, 11) is 0. The fourth-order valence-electron chi connectivity index (χ4n) is 1.27. The lowest BCUT2D eigenvalue weighted by atomic mass is 10.2. The molecular formula is C9H8N4O2S. The van der Waals surface area contributed by atoms with Crippen LogP contribution < -0.4 is 16.8 Å². The van der Waals surface area contributed by atoms with Gasteiger partial charge in [0.1, 0.15) is 0 Å². The number of aromatic nitrogens is 1. The molecule has 2 rings (SSSR count). The summed E-state index contributed by atoms with van der Waals surface area (Å²) in [5, 5.41) is 2.42. The molecule has 0 unspecified atom stereocenters. The van der Waals surface area contributed by atoms with Gasteiger partial charge >= 0.3 is 6.03 Å². The fourth-order valence-corrected chi connectivity index (χ4v) is 2.04. The number of carbonyl (C=O) groups excluding carboxylic acids is 2. The predicted molar refractivity (Wildman–Crippen MR) is 61.1 cm³/mol. The van der Waals surface area contributed by atoms with Crippen molar-refractivity contribution in [3.8, 4) is 0 Å². The van der Waals surface area contributed by atoms with Gasteiger partial charge in [-0.2, -0.15) is 0 Å². The largest absolute Gasteiger partial charge is 0.375 e. The van der Waals surface area contributed by atoms with Gasteiger partial charge in [-0.05, 0) is 18.2 Å². The van der Waals surface area contributed by atoms with Gasteiger partial charge in [0, 0.05) is 5.56 Å². The molecule has 6 nitrogen and oxygen atoms in total. The van der Waals surface area contributed by atoms with E-state index in [1.807, 2.05) is 5.32 Å². The normalized spacial score (nSPS) is 10.2. The molecule has 5 N–H and O–H groups in total. The second-order valence-corrected chi connectivity index (χ2v) is 4.12. The van der Waals surface area contributed by atoms with Gasteiger partial charge in [0.2, 0.25) is 0 Å². The lowest BCUT2D eigenvalue weighted by molar-refractivity contribution is 0.0966. The van der Waals surface area contributed by atoms with Crippen molar-refractivity contribution in [3.63, 3.8) is 0 Å². The van der Waals surface area contributed by atoms with Crippen molar-refractivity contribution in [2.24, 2.45) is 5.73 Å². The Labute approximate surface area is 94.3 Å². The number of thiazole rings is 1. The number of nitrogen functional groups attached to an aromatic ring is 1. The molecule has 0 saturated heterocycles. The molecule has 0 radical (unpaired) electrons. The smallest absolute Gasteiger partial charge is 0.319 e. The second-order valence-electron chi connectivity index (χ2n) is 3.05. The third-order valence-electron chi connectivity index (χ3n) is 1.90. The average Bonchev–Trinajstić information content (AvgIpc) is 2.55. The van der Waals surface area contributed by atoms with Crippen LogP contribution in [0.25, 0.3) is 10.2 Å². The van der Waals surface area contributed by atoms with E-state index in [4.69, 9.17) is 11.5 Å². The molecule has 82 valence electrons. The van der Waals surface area contributed by atoms with Gasteiger partial charge < -0.3 is 11.5 Å². The quantitative estimate of drug-likeness (QED) is 0.676. The maximum atomic E-state index is 11.4. The molecule has 16 heavy (non-hydrogen) atoms. The molecule has 0 aliphatic carbocycles. The summed E-state index contributed by atoms with van der Waals surface area (Å²) in [6, 6.07) is 3.95. The number of hydrogen-bond donors (Lipinski definition) is 3. The van der Waals surface area contributed by atoms with Crippen molar-refractivity contribution in [2.75, 3.05) is 5.73 Å². The zero-order chi connectivity index (χ0) is 11.7. The third-order valence-corrected chi connectivity index (χ3v) is 2.75. The highest BCUT2D eigenvalue weighted by molar-refractivity contribution is 7.22. The van der Waals surface area contributed by atoms with Crippen LogP contribution in [-0.4, -0.2) is 16.9 Å². The summed E-state index contributed by atoms with van der Waals surface area (Å²) in [4.78, 5) is 26.0. The minimum atomic E-state index is -0.881. The first-order valence-corrected chi connectivity index (χ1v) is 5.15. The van der Waals surface area contributed by atoms with Gasteiger partial charge in [-0.3, -0.25) is 10.1 Å². The first-order valence-electron chi connectivity index (χ1n) is 4.33. The third kappa shape index (κ3) is 1.94. The number of amides is 3. The Balaban J connectivity index is 2.38. The zero-order valence-corrected chi connectivity index (χ0v) is 8.88. The van der Waals surface area contributed by atoms with Gasteiger partial charge in [-0.25, -0.2) is 9.78 Å². The Hall–Kier alpha value is -2.15. The Morgan fingerprint density at radius 3 is 2.81 bits per heavy atom. The van der Waals surface area contributed by atoms with Crippen molar-refractivity contribution in [1.29, 1.82) is 0 Å². The van der Waals surface area contributed by atoms with Crippen molar-refractivity contribution < 1.29 is 9.59 Å². The number of anilines is 1. The van der Waals surface area contributed by atoms with Crippen molar-refractivity contribution in [1.82, 2.24) is 10.3 Å². The van der Waals surface area contributed by atoms with Gasteiger partial charge in [0.05, 0.1) is 10.2 Å². The van der Waals surface area contributed by atoms with E-state index in [1.165, 1.54) is 11.3 Å². The van der Waals surface area contributed by atoms with E-state index in [0.29, 0.717) is 10.7 Å². The lowest BCUT2D eigenvalue weighted by Crippen LogP contribution is -2.34. The Morgan fingerprint density at radius 2 is 2.12 bits per heavy atom. The highest BCUT2D eigenvalue weighted by atomic mass is 32.1. The molecule has 0 spiro atoms. The van der Waals surface area contributed by atoms with E-state index in [1.54, 1.807) is 18.2 Å². The number of fused-ring (bicyclic) bond motifs is 1. The van der Waals surface area contributed by atoms with E-state index in [9.17, 15) is 9.59 Å². The van der Waals surface area contributed by atoms with Crippen LogP contribution in [0.5, 0.6) is 0 Å². The maximum absolute atomic E-state index is 11.4. The standard InChI is InChI=1S/C9H8N4O2S/c10-8(15)13-7(14)4-1-2-5-6(3-4)16-9(11)12-5/h1-3H,(H2,11,12)(H3,10,13,14,15). The molecule has 1 heterocycles. The molecule has 0 aliphatic rings. The minimum Gasteiger partial charge on any atom is -0.375 e. The SMILES string of the molecule is NC(=O)NC(=O)c1ccc2nc(N)sc2c1. The van der Waals surface area contributed by atoms with Crippen LogP contribution in [0.2, 0.25) is 0 Å². The molecule has 7 heteroatoms. The summed E-state index contributed by atoms with van der Waals surface area (Å²) < 4.78 is 0.787. The second kappa shape index (κ2) is 3.78. The number of carbonyl (C=O) groups is 2. The summed E-state index contributed by atoms with van der Waals surface area (Å²) >= 11 is 1.27. The van der Waals surface area contributed by atoms with E-state index >= 15 is 0 Å². The minimum absolute atomic E-state index is 0.343. The van der Waals surface area contributed by atoms with Crippen molar-refractivity contribution in [3.05, 3.63) is 23.8 Å². The number of nitrogens with zero attached hydrogens (tertiary/aromatic N) is 1. The van der Waals surface area contributed by atoms with Crippen LogP contribution in [0.4, 0.5) is 9.93 Å². The first kappa shape index (κ1) is 10.4. The van der Waals surface area contributed by atoms with Crippen LogP contribution >= 0.6 is 11.3 Å². The number of nitrogens with one attached hydrogen (secondary N) is 1. The topological polar surface area (TPSA) is 111 Å². The van der Waals surface area contributed by atoms with Crippen molar-refractivity contribution in [2.45, 2.75) is 0 Å². The lowest BCUT2D eigenvalue weighted by Gasteiger charge is -1.99. The molecular weight excluding hydrogens is 228 g/mol. The highest BCUT2D eigenvalue weighted by Crippen LogP contribution is 2.24. The Bertz CT molecular complexity index is 578. The number of nitrogens with two attached hydrogens (primary N) is 2. The summed E-state index contributed by atoms with van der Waals surface area (Å²) in [6.45, 7) is 0. The van der Waals surface area contributed by atoms with Gasteiger partial charge in [0.25, 0.3) is 5.91 Å². The number of imide groups is 1. The summed E-state index contributed by atoms with van der Waals surface area (Å²) in [5.41, 5.74) is 11.4. The number of benzene rings is 1. The van der Waals surface area contributed by atoms with E-state index in [2.05, 4.69) is 4.98 Å².